The summed E-state index contributed by atoms with van der Waals surface area (Å²) in [6.07, 6.45) is 8.24. The molecule has 0 saturated carbocycles. The SMILES string of the molecule is CCCCCCCCCCCCCC[C@@H](OC(=O)c1ccccc1)[C@@H](OC(=O)c1ccccc1)[C@H](COC1OC(COC(C)=O)C(OC(C)=O)C(C)C1C)NC(=O)OC(C)(C)C. The third-order valence-electron chi connectivity index (χ3n) is 11.0. The van der Waals surface area contributed by atoms with Crippen LogP contribution in [-0.2, 0) is 42.7 Å². The van der Waals surface area contributed by atoms with Crippen LogP contribution in [0.2, 0.25) is 0 Å². The van der Waals surface area contributed by atoms with Gasteiger partial charge in [0.25, 0.3) is 0 Å². The average molecular weight is 868 g/mol. The molecule has 8 atom stereocenters. The summed E-state index contributed by atoms with van der Waals surface area (Å²) in [5, 5.41) is 2.87. The third kappa shape index (κ3) is 19.3. The van der Waals surface area contributed by atoms with Crippen LogP contribution in [0.1, 0.15) is 160 Å². The molecule has 1 amide bonds. The zero-order chi connectivity index (χ0) is 45.5. The van der Waals surface area contributed by atoms with Crippen LogP contribution < -0.4 is 5.32 Å². The van der Waals surface area contributed by atoms with Gasteiger partial charge in [-0.05, 0) is 57.9 Å². The molecule has 0 aromatic heterocycles. The van der Waals surface area contributed by atoms with E-state index in [0.29, 0.717) is 18.4 Å². The van der Waals surface area contributed by atoms with Gasteiger partial charge in [-0.25, -0.2) is 14.4 Å². The number of amides is 1. The van der Waals surface area contributed by atoms with Gasteiger partial charge in [0.05, 0.1) is 23.8 Å². The first-order valence-electron chi connectivity index (χ1n) is 22.7. The summed E-state index contributed by atoms with van der Waals surface area (Å²) < 4.78 is 41.9. The molecule has 0 bridgehead atoms. The summed E-state index contributed by atoms with van der Waals surface area (Å²) in [5.41, 5.74) is -0.310. The normalized spacial score (nSPS) is 20.2. The molecule has 3 rings (SSSR count). The summed E-state index contributed by atoms with van der Waals surface area (Å²) in [6, 6.07) is 15.9. The van der Waals surface area contributed by atoms with Gasteiger partial charge in [-0.15, -0.1) is 0 Å². The average Bonchev–Trinajstić information content (AvgIpc) is 3.23. The predicted octanol–water partition coefficient (Wildman–Crippen LogP) is 9.93. The van der Waals surface area contributed by atoms with Gasteiger partial charge in [0, 0.05) is 25.7 Å². The second-order valence-corrected chi connectivity index (χ2v) is 17.4. The van der Waals surface area contributed by atoms with Gasteiger partial charge in [0.15, 0.2) is 12.4 Å². The van der Waals surface area contributed by atoms with E-state index in [2.05, 4.69) is 12.2 Å². The number of rotatable bonds is 26. The van der Waals surface area contributed by atoms with E-state index in [1.165, 1.54) is 58.8 Å². The van der Waals surface area contributed by atoms with Crippen molar-refractivity contribution in [2.24, 2.45) is 11.8 Å². The van der Waals surface area contributed by atoms with Gasteiger partial charge in [-0.1, -0.05) is 128 Å². The Morgan fingerprint density at radius 1 is 0.694 bits per heavy atom. The molecule has 1 aliphatic rings. The lowest BCUT2D eigenvalue weighted by Crippen LogP contribution is -2.57. The number of esters is 4. The quantitative estimate of drug-likeness (QED) is 0.0542. The number of nitrogens with one attached hydrogen (secondary N) is 1. The second-order valence-electron chi connectivity index (χ2n) is 17.4. The van der Waals surface area contributed by atoms with Crippen LogP contribution in [0.5, 0.6) is 0 Å². The molecule has 2 aromatic rings. The first-order chi connectivity index (χ1) is 29.6. The highest BCUT2D eigenvalue weighted by atomic mass is 16.7. The highest BCUT2D eigenvalue weighted by molar-refractivity contribution is 5.90. The van der Waals surface area contributed by atoms with Gasteiger partial charge < -0.3 is 38.5 Å². The maximum Gasteiger partial charge on any atom is 0.408 e. The van der Waals surface area contributed by atoms with Crippen LogP contribution >= 0.6 is 0 Å². The summed E-state index contributed by atoms with van der Waals surface area (Å²) in [5.74, 6) is -3.04. The van der Waals surface area contributed by atoms with Crippen molar-refractivity contribution in [1.29, 1.82) is 0 Å². The number of carbonyl (C=O) groups is 5. The molecule has 5 unspecified atom stereocenters. The van der Waals surface area contributed by atoms with Crippen LogP contribution in [0.25, 0.3) is 0 Å². The molecule has 0 spiro atoms. The standard InChI is InChI=1S/C49H73NO12/c1-9-10-11-12-13-14-15-16-17-18-19-26-31-41(59-45(53)38-27-22-20-23-28-38)44(61-46(54)39-29-24-21-25-30-39)40(50-48(55)62-49(6,7)8)32-57-47-35(3)34(2)43(58-37(5)52)42(60-47)33-56-36(4)51/h20-25,27-30,34-35,40-44,47H,9-19,26,31-33H2,1-8H3,(H,50,55)/t34?,35?,40-,41+,42?,43?,44-,47?/m0/s1. The maximum atomic E-state index is 13.9. The Balaban J connectivity index is 1.95. The van der Waals surface area contributed by atoms with Gasteiger partial charge in [-0.3, -0.25) is 9.59 Å². The number of carbonyl (C=O) groups excluding carboxylic acids is 5. The van der Waals surface area contributed by atoms with Crippen LogP contribution in [0.4, 0.5) is 4.79 Å². The van der Waals surface area contributed by atoms with Gasteiger partial charge >= 0.3 is 30.0 Å². The number of benzene rings is 2. The first-order valence-corrected chi connectivity index (χ1v) is 22.7. The molecule has 2 aromatic carbocycles. The molecule has 62 heavy (non-hydrogen) atoms. The molecule has 13 nitrogen and oxygen atoms in total. The van der Waals surface area contributed by atoms with Crippen molar-refractivity contribution in [2.45, 2.75) is 181 Å². The molecular weight excluding hydrogens is 795 g/mol. The lowest BCUT2D eigenvalue weighted by molar-refractivity contribution is -0.276. The second kappa shape index (κ2) is 27.5. The van der Waals surface area contributed by atoms with E-state index in [1.54, 1.807) is 81.4 Å². The molecule has 346 valence electrons. The zero-order valence-corrected chi connectivity index (χ0v) is 38.4. The highest BCUT2D eigenvalue weighted by Crippen LogP contribution is 2.34. The summed E-state index contributed by atoms with van der Waals surface area (Å²) in [4.78, 5) is 65.3. The van der Waals surface area contributed by atoms with E-state index < -0.39 is 72.3 Å². The van der Waals surface area contributed by atoms with E-state index in [-0.39, 0.29) is 30.6 Å². The van der Waals surface area contributed by atoms with Gasteiger partial charge in [0.2, 0.25) is 0 Å². The lowest BCUT2D eigenvalue weighted by atomic mass is 9.84. The topological polar surface area (TPSA) is 162 Å². The number of ether oxygens (including phenoxy) is 7. The van der Waals surface area contributed by atoms with Crippen molar-refractivity contribution in [2.75, 3.05) is 13.2 Å². The maximum absolute atomic E-state index is 13.9. The largest absolute Gasteiger partial charge is 0.463 e. The summed E-state index contributed by atoms with van der Waals surface area (Å²) in [6.45, 7) is 13.2. The van der Waals surface area contributed by atoms with Crippen molar-refractivity contribution >= 4 is 30.0 Å². The van der Waals surface area contributed by atoms with Crippen LogP contribution in [0.3, 0.4) is 0 Å². The van der Waals surface area contributed by atoms with Crippen molar-refractivity contribution in [3.63, 3.8) is 0 Å². The minimum absolute atomic E-state index is 0.197. The molecule has 1 saturated heterocycles. The summed E-state index contributed by atoms with van der Waals surface area (Å²) >= 11 is 0. The minimum Gasteiger partial charge on any atom is -0.463 e. The minimum atomic E-state index is -1.27. The van der Waals surface area contributed by atoms with Crippen molar-refractivity contribution in [3.05, 3.63) is 71.8 Å². The Kier molecular flexibility index (Phi) is 23.0. The smallest absolute Gasteiger partial charge is 0.408 e. The zero-order valence-electron chi connectivity index (χ0n) is 38.4. The number of alkyl carbamates (subject to hydrolysis) is 1. The van der Waals surface area contributed by atoms with E-state index >= 15 is 0 Å². The Hall–Kier alpha value is -4.49. The number of hydrogen-bond acceptors (Lipinski definition) is 12. The molecule has 13 heteroatoms. The number of unbranched alkanes of at least 4 members (excludes halogenated alkanes) is 11. The van der Waals surface area contributed by atoms with E-state index in [4.69, 9.17) is 33.2 Å². The van der Waals surface area contributed by atoms with Crippen LogP contribution in [0, 0.1) is 11.8 Å². The van der Waals surface area contributed by atoms with Crippen molar-refractivity contribution < 1.29 is 57.1 Å². The molecule has 1 heterocycles. The van der Waals surface area contributed by atoms with Crippen molar-refractivity contribution in [3.8, 4) is 0 Å². The fourth-order valence-electron chi connectivity index (χ4n) is 7.47. The van der Waals surface area contributed by atoms with E-state index in [1.807, 2.05) is 13.8 Å². The fraction of sp³-hybridized carbons (Fsp3) is 0.653. The van der Waals surface area contributed by atoms with Crippen LogP contribution in [-0.4, -0.2) is 85.5 Å². The Labute approximate surface area is 369 Å². The van der Waals surface area contributed by atoms with E-state index in [9.17, 15) is 24.0 Å². The van der Waals surface area contributed by atoms with Crippen molar-refractivity contribution in [1.82, 2.24) is 5.32 Å². The van der Waals surface area contributed by atoms with Crippen LogP contribution in [0.15, 0.2) is 60.7 Å². The fourth-order valence-corrected chi connectivity index (χ4v) is 7.47. The lowest BCUT2D eigenvalue weighted by Gasteiger charge is -2.44. The summed E-state index contributed by atoms with van der Waals surface area (Å²) in [7, 11) is 0. The molecule has 1 aliphatic heterocycles. The third-order valence-corrected chi connectivity index (χ3v) is 11.0. The van der Waals surface area contributed by atoms with Gasteiger partial charge in [-0.2, -0.15) is 0 Å². The number of hydrogen-bond donors (Lipinski definition) is 1. The molecule has 0 radical (unpaired) electrons. The molecule has 1 N–H and O–H groups in total. The predicted molar refractivity (Wildman–Crippen MR) is 235 cm³/mol. The molecule has 0 aliphatic carbocycles. The molecule has 1 fully saturated rings. The monoisotopic (exact) mass is 868 g/mol. The molecular formula is C49H73NO12. The van der Waals surface area contributed by atoms with Gasteiger partial charge in [0.1, 0.15) is 30.5 Å². The Morgan fingerprint density at radius 2 is 1.21 bits per heavy atom. The highest BCUT2D eigenvalue weighted by Gasteiger charge is 2.46. The Morgan fingerprint density at radius 3 is 1.71 bits per heavy atom. The first kappa shape index (κ1) is 51.9. The Bertz CT molecular complexity index is 1630. The van der Waals surface area contributed by atoms with E-state index in [0.717, 1.165) is 25.7 Å².